The summed E-state index contributed by atoms with van der Waals surface area (Å²) in [6, 6.07) is 0. The van der Waals surface area contributed by atoms with Crippen LogP contribution in [0.1, 0.15) is 84.0 Å². The number of hydrogen-bond acceptors (Lipinski definition) is 4. The highest BCUT2D eigenvalue weighted by Gasteiger charge is 2.06. The lowest BCUT2D eigenvalue weighted by Gasteiger charge is -2.25. The van der Waals surface area contributed by atoms with E-state index in [4.69, 9.17) is 10.2 Å². The van der Waals surface area contributed by atoms with E-state index in [0.29, 0.717) is 13.0 Å². The number of nitrogens with one attached hydrogen (secondary N) is 1. The zero-order chi connectivity index (χ0) is 18.6. The van der Waals surface area contributed by atoms with E-state index in [1.54, 1.807) is 0 Å². The Labute approximate surface area is 155 Å². The zero-order valence-electron chi connectivity index (χ0n) is 16.5. The van der Waals surface area contributed by atoms with E-state index < -0.39 is 5.97 Å². The number of aliphatic hydroxyl groups excluding tert-OH is 1. The number of hydrogen-bond donors (Lipinski definition) is 3. The van der Waals surface area contributed by atoms with Crippen LogP contribution in [0.25, 0.3) is 0 Å². The third kappa shape index (κ3) is 19.5. The van der Waals surface area contributed by atoms with Gasteiger partial charge in [0.2, 0.25) is 0 Å². The minimum absolute atomic E-state index is 0.292. The predicted octanol–water partition coefficient (Wildman–Crippen LogP) is 3.66. The number of carboxylic acids is 1. The molecule has 0 spiro atoms. The van der Waals surface area contributed by atoms with Gasteiger partial charge in [-0.3, -0.25) is 9.69 Å². The molecule has 1 rings (SSSR count). The summed E-state index contributed by atoms with van der Waals surface area (Å²) in [5.41, 5.74) is 0. The first-order valence-corrected chi connectivity index (χ1v) is 10.5. The summed E-state index contributed by atoms with van der Waals surface area (Å²) in [5, 5.41) is 20.3. The number of carbonyl (C=O) groups is 1. The second kappa shape index (κ2) is 19.7. The molecule has 0 bridgehead atoms. The van der Waals surface area contributed by atoms with E-state index in [-0.39, 0.29) is 0 Å². The molecule has 0 unspecified atom stereocenters. The van der Waals surface area contributed by atoms with Crippen molar-refractivity contribution in [1.82, 2.24) is 10.2 Å². The number of carboxylic acid groups (broad SMARTS) is 1. The normalized spacial score (nSPS) is 14.8. The van der Waals surface area contributed by atoms with E-state index in [9.17, 15) is 4.79 Å². The molecule has 1 fully saturated rings. The number of piperazine rings is 1. The Kier molecular flexibility index (Phi) is 19.2. The summed E-state index contributed by atoms with van der Waals surface area (Å²) in [4.78, 5) is 12.5. The molecule has 25 heavy (non-hydrogen) atoms. The molecule has 5 nitrogen and oxygen atoms in total. The van der Waals surface area contributed by atoms with Gasteiger partial charge in [-0.15, -0.1) is 0 Å². The van der Waals surface area contributed by atoms with Crippen LogP contribution in [0, 0.1) is 0 Å². The van der Waals surface area contributed by atoms with Gasteiger partial charge in [0.15, 0.2) is 0 Å². The number of nitrogens with zero attached hydrogens (tertiary/aromatic N) is 1. The molecule has 0 aliphatic carbocycles. The highest BCUT2D eigenvalue weighted by atomic mass is 16.4. The van der Waals surface area contributed by atoms with E-state index >= 15 is 0 Å². The molecule has 5 heteroatoms. The van der Waals surface area contributed by atoms with Crippen LogP contribution >= 0.6 is 0 Å². The Morgan fingerprint density at radius 3 is 1.80 bits per heavy atom. The molecule has 0 aromatic heterocycles. The summed E-state index contributed by atoms with van der Waals surface area (Å²) in [6.45, 7) is 7.68. The average molecular weight is 359 g/mol. The molecule has 1 heterocycles. The van der Waals surface area contributed by atoms with Crippen molar-refractivity contribution in [2.24, 2.45) is 0 Å². The summed E-state index contributed by atoms with van der Waals surface area (Å²) < 4.78 is 0. The molecule has 0 amide bonds. The van der Waals surface area contributed by atoms with Crippen molar-refractivity contribution in [3.05, 3.63) is 0 Å². The van der Waals surface area contributed by atoms with Crippen molar-refractivity contribution >= 4 is 5.97 Å². The van der Waals surface area contributed by atoms with Crippen molar-refractivity contribution in [1.29, 1.82) is 0 Å². The summed E-state index contributed by atoms with van der Waals surface area (Å²) in [7, 11) is 0. The van der Waals surface area contributed by atoms with E-state index in [1.165, 1.54) is 57.8 Å². The second-order valence-corrected chi connectivity index (χ2v) is 6.99. The first-order chi connectivity index (χ1) is 12.2. The fourth-order valence-electron chi connectivity index (χ4n) is 3.02. The maximum absolute atomic E-state index is 10.3. The van der Waals surface area contributed by atoms with Gasteiger partial charge in [0.05, 0.1) is 6.61 Å². The van der Waals surface area contributed by atoms with Crippen molar-refractivity contribution in [3.8, 4) is 0 Å². The van der Waals surface area contributed by atoms with Crippen LogP contribution in [-0.2, 0) is 4.79 Å². The molecule has 1 aliphatic rings. The van der Waals surface area contributed by atoms with Gasteiger partial charge in [-0.05, 0) is 6.42 Å². The molecule has 0 atom stereocenters. The lowest BCUT2D eigenvalue weighted by Crippen LogP contribution is -2.44. The molecule has 0 radical (unpaired) electrons. The van der Waals surface area contributed by atoms with E-state index in [0.717, 1.165) is 45.6 Å². The van der Waals surface area contributed by atoms with Crippen LogP contribution in [0.4, 0.5) is 0 Å². The topological polar surface area (TPSA) is 72.8 Å². The molecular formula is C20H42N2O3. The second-order valence-electron chi connectivity index (χ2n) is 6.99. The number of aliphatic hydroxyl groups is 1. The first kappa shape index (κ1) is 24.4. The van der Waals surface area contributed by atoms with Crippen molar-refractivity contribution in [3.63, 3.8) is 0 Å². The standard InChI is InChI=1S/C14H28O2.C6H14N2O/c1-2-3-4-5-6-7-8-9-10-11-12-13-14(15)16;9-6-5-8-3-1-7-2-4-8/h2-13H2,1H3,(H,15,16);7,9H,1-6H2. The molecule has 0 aromatic carbocycles. The quantitative estimate of drug-likeness (QED) is 0.413. The van der Waals surface area contributed by atoms with Gasteiger partial charge in [-0.2, -0.15) is 0 Å². The third-order valence-electron chi connectivity index (χ3n) is 4.62. The van der Waals surface area contributed by atoms with Crippen LogP contribution in [0.5, 0.6) is 0 Å². The largest absolute Gasteiger partial charge is 0.481 e. The predicted molar refractivity (Wildman–Crippen MR) is 105 cm³/mol. The molecular weight excluding hydrogens is 316 g/mol. The minimum atomic E-state index is -0.657. The SMILES string of the molecule is CCCCCCCCCCCCCC(=O)O.OCCN1CCNCC1. The van der Waals surface area contributed by atoms with E-state index in [2.05, 4.69) is 17.1 Å². The van der Waals surface area contributed by atoms with Gasteiger partial charge < -0.3 is 15.5 Å². The molecule has 3 N–H and O–H groups in total. The van der Waals surface area contributed by atoms with Gasteiger partial charge in [0, 0.05) is 39.1 Å². The maximum atomic E-state index is 10.3. The van der Waals surface area contributed by atoms with Crippen LogP contribution in [0.15, 0.2) is 0 Å². The summed E-state index contributed by atoms with van der Waals surface area (Å²) >= 11 is 0. The van der Waals surface area contributed by atoms with Gasteiger partial charge in [-0.1, -0.05) is 71.1 Å². The highest BCUT2D eigenvalue weighted by Crippen LogP contribution is 2.11. The number of unbranched alkanes of at least 4 members (excludes halogenated alkanes) is 10. The molecule has 1 aliphatic heterocycles. The maximum Gasteiger partial charge on any atom is 0.303 e. The Hall–Kier alpha value is -0.650. The fourth-order valence-corrected chi connectivity index (χ4v) is 3.02. The minimum Gasteiger partial charge on any atom is -0.481 e. The number of β-amino-alcohol motifs (C(OH)–C–C–N with tert-alkyl or cyclic N) is 1. The van der Waals surface area contributed by atoms with Crippen molar-refractivity contribution < 1.29 is 15.0 Å². The van der Waals surface area contributed by atoms with Gasteiger partial charge in [0.25, 0.3) is 0 Å². The Bertz CT molecular complexity index is 279. The lowest BCUT2D eigenvalue weighted by molar-refractivity contribution is -0.137. The Balaban J connectivity index is 0.000000535. The van der Waals surface area contributed by atoms with E-state index in [1.807, 2.05) is 0 Å². The first-order valence-electron chi connectivity index (χ1n) is 10.5. The number of rotatable bonds is 14. The monoisotopic (exact) mass is 358 g/mol. The Morgan fingerprint density at radius 1 is 0.880 bits per heavy atom. The number of aliphatic carboxylic acids is 1. The zero-order valence-corrected chi connectivity index (χ0v) is 16.5. The highest BCUT2D eigenvalue weighted by molar-refractivity contribution is 5.66. The summed E-state index contributed by atoms with van der Waals surface area (Å²) in [5.74, 6) is -0.657. The average Bonchev–Trinajstić information content (AvgIpc) is 2.61. The lowest BCUT2D eigenvalue weighted by atomic mass is 10.1. The Morgan fingerprint density at radius 2 is 1.36 bits per heavy atom. The van der Waals surface area contributed by atoms with Crippen LogP contribution < -0.4 is 5.32 Å². The van der Waals surface area contributed by atoms with Crippen molar-refractivity contribution in [2.45, 2.75) is 84.0 Å². The van der Waals surface area contributed by atoms with Crippen LogP contribution in [0.2, 0.25) is 0 Å². The molecule has 0 saturated carbocycles. The van der Waals surface area contributed by atoms with Crippen molar-refractivity contribution in [2.75, 3.05) is 39.3 Å². The van der Waals surface area contributed by atoms with Gasteiger partial charge in [0.1, 0.15) is 0 Å². The molecule has 1 saturated heterocycles. The van der Waals surface area contributed by atoms with Crippen LogP contribution in [0.3, 0.4) is 0 Å². The smallest absolute Gasteiger partial charge is 0.303 e. The van der Waals surface area contributed by atoms with Crippen LogP contribution in [-0.4, -0.2) is 60.4 Å². The molecule has 0 aromatic rings. The van der Waals surface area contributed by atoms with Gasteiger partial charge in [-0.25, -0.2) is 0 Å². The van der Waals surface area contributed by atoms with Gasteiger partial charge >= 0.3 is 5.97 Å². The third-order valence-corrected chi connectivity index (χ3v) is 4.62. The summed E-state index contributed by atoms with van der Waals surface area (Å²) in [6.07, 6.45) is 14.4. The fraction of sp³-hybridized carbons (Fsp3) is 0.950. The molecule has 150 valence electrons.